The number of amides is 1. The molecule has 0 radical (unpaired) electrons. The van der Waals surface area contributed by atoms with E-state index in [9.17, 15) is 9.59 Å². The molecular weight excluding hydrogens is 454 g/mol. The molecule has 3 aromatic carbocycles. The van der Waals surface area contributed by atoms with Crippen molar-refractivity contribution in [1.82, 2.24) is 9.55 Å². The van der Waals surface area contributed by atoms with Crippen LogP contribution in [0.1, 0.15) is 16.2 Å². The van der Waals surface area contributed by atoms with Gasteiger partial charge in [-0.25, -0.2) is 4.98 Å². The highest BCUT2D eigenvalue weighted by Crippen LogP contribution is 2.22. The van der Waals surface area contributed by atoms with Gasteiger partial charge in [-0.1, -0.05) is 51.8 Å². The normalized spacial score (nSPS) is 10.8. The molecule has 0 aliphatic heterocycles. The van der Waals surface area contributed by atoms with Crippen molar-refractivity contribution in [2.45, 2.75) is 6.54 Å². The number of hydrogen-bond donors (Lipinski definition) is 1. The number of rotatable bonds is 5. The Kier molecular flexibility index (Phi) is 5.47. The van der Waals surface area contributed by atoms with Gasteiger partial charge in [0.1, 0.15) is 6.54 Å². The smallest absolute Gasteiger partial charge is 0.244 e. The number of hydrogen-bond acceptors (Lipinski definition) is 3. The molecule has 5 nitrogen and oxygen atoms in total. The van der Waals surface area contributed by atoms with Crippen molar-refractivity contribution < 1.29 is 9.59 Å². The van der Waals surface area contributed by atoms with Gasteiger partial charge in [0.15, 0.2) is 5.82 Å². The van der Waals surface area contributed by atoms with E-state index in [0.717, 1.165) is 4.47 Å². The van der Waals surface area contributed by atoms with Crippen LogP contribution in [0, 0.1) is 0 Å². The molecule has 0 bridgehead atoms. The fourth-order valence-corrected chi connectivity index (χ4v) is 3.48. The summed E-state index contributed by atoms with van der Waals surface area (Å²) in [6.45, 7) is -0.0661. The van der Waals surface area contributed by atoms with E-state index in [1.807, 2.05) is 24.3 Å². The van der Waals surface area contributed by atoms with Gasteiger partial charge in [0.25, 0.3) is 0 Å². The van der Waals surface area contributed by atoms with Gasteiger partial charge < -0.3 is 9.88 Å². The zero-order chi connectivity index (χ0) is 20.4. The molecule has 0 aliphatic carbocycles. The van der Waals surface area contributed by atoms with Crippen molar-refractivity contribution >= 4 is 55.9 Å². The lowest BCUT2D eigenvalue weighted by Gasteiger charge is -2.10. The van der Waals surface area contributed by atoms with Crippen molar-refractivity contribution in [1.29, 1.82) is 0 Å². The van der Waals surface area contributed by atoms with Crippen LogP contribution in [0.15, 0.2) is 77.3 Å². The van der Waals surface area contributed by atoms with E-state index < -0.39 is 0 Å². The number of carbonyl (C=O) groups is 2. The van der Waals surface area contributed by atoms with E-state index in [1.165, 1.54) is 0 Å². The maximum absolute atomic E-state index is 13.1. The molecule has 1 heterocycles. The van der Waals surface area contributed by atoms with Gasteiger partial charge in [-0.15, -0.1) is 0 Å². The average Bonchev–Trinajstić information content (AvgIpc) is 3.08. The van der Waals surface area contributed by atoms with Crippen molar-refractivity contribution in [3.63, 3.8) is 0 Å². The zero-order valence-electron chi connectivity index (χ0n) is 15.1. The first-order valence-electron chi connectivity index (χ1n) is 8.83. The molecule has 0 saturated heterocycles. The number of fused-ring (bicyclic) bond motifs is 1. The predicted octanol–water partition coefficient (Wildman–Crippen LogP) is 5.32. The van der Waals surface area contributed by atoms with Crippen LogP contribution in [0.2, 0.25) is 5.02 Å². The van der Waals surface area contributed by atoms with Crippen LogP contribution in [0.4, 0.5) is 5.69 Å². The Morgan fingerprint density at radius 2 is 1.66 bits per heavy atom. The summed E-state index contributed by atoms with van der Waals surface area (Å²) in [6.07, 6.45) is 0. The van der Waals surface area contributed by atoms with Crippen molar-refractivity contribution in [3.8, 4) is 0 Å². The molecule has 4 rings (SSSR count). The molecule has 0 aliphatic rings. The van der Waals surface area contributed by atoms with E-state index in [-0.39, 0.29) is 24.1 Å². The second kappa shape index (κ2) is 8.19. The number of benzene rings is 3. The third-order valence-corrected chi connectivity index (χ3v) is 5.27. The molecule has 0 atom stereocenters. The van der Waals surface area contributed by atoms with Crippen LogP contribution in [-0.4, -0.2) is 21.2 Å². The molecule has 1 aromatic heterocycles. The Labute approximate surface area is 180 Å². The minimum absolute atomic E-state index is 0.0661. The second-order valence-electron chi connectivity index (χ2n) is 6.37. The first-order valence-corrected chi connectivity index (χ1v) is 10.00. The molecule has 144 valence electrons. The van der Waals surface area contributed by atoms with Crippen LogP contribution < -0.4 is 5.32 Å². The molecule has 0 spiro atoms. The minimum Gasteiger partial charge on any atom is -0.323 e. The molecule has 7 heteroatoms. The van der Waals surface area contributed by atoms with Gasteiger partial charge in [0.05, 0.1) is 21.7 Å². The lowest BCUT2D eigenvalue weighted by atomic mass is 10.1. The van der Waals surface area contributed by atoms with Crippen LogP contribution >= 0.6 is 27.5 Å². The maximum Gasteiger partial charge on any atom is 0.244 e. The van der Waals surface area contributed by atoms with Gasteiger partial charge in [-0.3, -0.25) is 9.59 Å². The number of anilines is 1. The first kappa shape index (κ1) is 19.4. The van der Waals surface area contributed by atoms with E-state index in [4.69, 9.17) is 11.6 Å². The first-order chi connectivity index (χ1) is 14.0. The fraction of sp³-hybridized carbons (Fsp3) is 0.0455. The van der Waals surface area contributed by atoms with Crippen molar-refractivity contribution in [3.05, 3.63) is 93.7 Å². The lowest BCUT2D eigenvalue weighted by Crippen LogP contribution is -2.22. The number of halogens is 2. The van der Waals surface area contributed by atoms with Gasteiger partial charge >= 0.3 is 0 Å². The Balaban J connectivity index is 1.70. The van der Waals surface area contributed by atoms with E-state index in [0.29, 0.717) is 27.3 Å². The highest BCUT2D eigenvalue weighted by atomic mass is 79.9. The number of nitrogens with one attached hydrogen (secondary N) is 1. The average molecular weight is 469 g/mol. The molecular formula is C22H15BrClN3O2. The minimum atomic E-state index is -0.300. The van der Waals surface area contributed by atoms with Gasteiger partial charge in [-0.2, -0.15) is 0 Å². The Bertz CT molecular complexity index is 1220. The third kappa shape index (κ3) is 4.09. The van der Waals surface area contributed by atoms with Crippen molar-refractivity contribution in [2.75, 3.05) is 5.32 Å². The predicted molar refractivity (Wildman–Crippen MR) is 117 cm³/mol. The molecule has 0 fully saturated rings. The van der Waals surface area contributed by atoms with Crippen LogP contribution in [0.5, 0.6) is 0 Å². The van der Waals surface area contributed by atoms with E-state index >= 15 is 0 Å². The summed E-state index contributed by atoms with van der Waals surface area (Å²) >= 11 is 9.50. The molecule has 1 N–H and O–H groups in total. The van der Waals surface area contributed by atoms with Crippen molar-refractivity contribution in [2.24, 2.45) is 0 Å². The number of ketones is 1. The van der Waals surface area contributed by atoms with Gasteiger partial charge in [0, 0.05) is 10.0 Å². The monoisotopic (exact) mass is 467 g/mol. The summed E-state index contributed by atoms with van der Waals surface area (Å²) in [5, 5.41) is 3.24. The molecule has 4 aromatic rings. The van der Waals surface area contributed by atoms with Gasteiger partial charge in [-0.05, 0) is 48.5 Å². The van der Waals surface area contributed by atoms with Crippen LogP contribution in [0.25, 0.3) is 11.0 Å². The largest absolute Gasteiger partial charge is 0.323 e. The third-order valence-electron chi connectivity index (χ3n) is 4.41. The van der Waals surface area contributed by atoms with Crippen LogP contribution in [-0.2, 0) is 11.3 Å². The quantitative estimate of drug-likeness (QED) is 0.403. The summed E-state index contributed by atoms with van der Waals surface area (Å²) in [5.74, 6) is -0.340. The van der Waals surface area contributed by atoms with Gasteiger partial charge in [0.2, 0.25) is 11.7 Å². The summed E-state index contributed by atoms with van der Waals surface area (Å²) in [7, 11) is 0. The number of para-hydroxylation sites is 3. The summed E-state index contributed by atoms with van der Waals surface area (Å²) < 4.78 is 2.51. The highest BCUT2D eigenvalue weighted by Gasteiger charge is 2.21. The number of carbonyl (C=O) groups excluding carboxylic acids is 2. The topological polar surface area (TPSA) is 64.0 Å². The maximum atomic E-state index is 13.1. The lowest BCUT2D eigenvalue weighted by molar-refractivity contribution is -0.116. The number of imidazole rings is 1. The Morgan fingerprint density at radius 3 is 2.41 bits per heavy atom. The Morgan fingerprint density at radius 1 is 0.966 bits per heavy atom. The van der Waals surface area contributed by atoms with E-state index in [2.05, 4.69) is 26.2 Å². The zero-order valence-corrected chi connectivity index (χ0v) is 17.4. The molecule has 29 heavy (non-hydrogen) atoms. The number of nitrogens with zero attached hydrogens (tertiary/aromatic N) is 2. The summed E-state index contributed by atoms with van der Waals surface area (Å²) in [4.78, 5) is 30.3. The second-order valence-corrected chi connectivity index (χ2v) is 7.70. The molecule has 0 unspecified atom stereocenters. The molecule has 0 saturated carbocycles. The fourth-order valence-electron chi connectivity index (χ4n) is 3.04. The Hall–Kier alpha value is -2.96. The SMILES string of the molecule is O=C(Cn1c(C(=O)c2ccc(Br)cc2)nc2ccccc21)Nc1ccccc1Cl. The summed E-state index contributed by atoms with van der Waals surface area (Å²) in [5.41, 5.74) is 2.38. The van der Waals surface area contributed by atoms with Crippen LogP contribution in [0.3, 0.4) is 0 Å². The van der Waals surface area contributed by atoms with E-state index in [1.54, 1.807) is 53.1 Å². The summed E-state index contributed by atoms with van der Waals surface area (Å²) in [6, 6.07) is 21.4. The molecule has 1 amide bonds. The standard InChI is InChI=1S/C22H15BrClN3O2/c23-15-11-9-14(10-12-15)21(29)22-26-18-7-3-4-8-19(18)27(22)13-20(28)25-17-6-2-1-5-16(17)24/h1-12H,13H2,(H,25,28). The highest BCUT2D eigenvalue weighted by molar-refractivity contribution is 9.10. The number of aromatic nitrogens is 2.